The van der Waals surface area contributed by atoms with Crippen molar-refractivity contribution in [3.8, 4) is 0 Å². The van der Waals surface area contributed by atoms with Crippen molar-refractivity contribution in [3.63, 3.8) is 0 Å². The summed E-state index contributed by atoms with van der Waals surface area (Å²) in [6.45, 7) is 1.89. The fourth-order valence-corrected chi connectivity index (χ4v) is 2.57. The van der Waals surface area contributed by atoms with Gasteiger partial charge in [0, 0.05) is 34.6 Å². The summed E-state index contributed by atoms with van der Waals surface area (Å²) in [4.78, 5) is 22.8. The maximum Gasteiger partial charge on any atom is 0.269 e. The van der Waals surface area contributed by atoms with E-state index in [1.807, 2.05) is 37.3 Å². The second kappa shape index (κ2) is 6.97. The Balaban J connectivity index is 1.80. The number of nitro groups is 1. The number of anilines is 2. The van der Waals surface area contributed by atoms with Gasteiger partial charge in [0.15, 0.2) is 5.78 Å². The van der Waals surface area contributed by atoms with Crippen LogP contribution in [0.2, 0.25) is 0 Å². The largest absolute Gasteiger partial charge is 0.356 e. The molecule has 124 valence electrons. The molecule has 5 nitrogen and oxygen atoms in total. The monoisotopic (exact) mass is 332 g/mol. The summed E-state index contributed by atoms with van der Waals surface area (Å²) in [5.74, 6) is -0.0139. The molecule has 0 aliphatic rings. The van der Waals surface area contributed by atoms with Crippen LogP contribution in [0, 0.1) is 17.0 Å². The highest BCUT2D eigenvalue weighted by Crippen LogP contribution is 2.23. The van der Waals surface area contributed by atoms with Gasteiger partial charge in [-0.3, -0.25) is 14.9 Å². The lowest BCUT2D eigenvalue weighted by Crippen LogP contribution is -2.04. The van der Waals surface area contributed by atoms with Gasteiger partial charge in [-0.15, -0.1) is 0 Å². The van der Waals surface area contributed by atoms with E-state index in [4.69, 9.17) is 0 Å². The molecule has 0 saturated carbocycles. The molecular formula is C20H16N2O3. The molecule has 25 heavy (non-hydrogen) atoms. The molecule has 0 aliphatic carbocycles. The zero-order valence-corrected chi connectivity index (χ0v) is 13.6. The number of nitrogens with zero attached hydrogens (tertiary/aromatic N) is 1. The smallest absolute Gasteiger partial charge is 0.269 e. The van der Waals surface area contributed by atoms with Gasteiger partial charge in [0.05, 0.1) is 4.92 Å². The lowest BCUT2D eigenvalue weighted by Gasteiger charge is -2.10. The van der Waals surface area contributed by atoms with E-state index in [1.165, 1.54) is 12.1 Å². The molecule has 3 aromatic rings. The average Bonchev–Trinajstić information content (AvgIpc) is 2.62. The van der Waals surface area contributed by atoms with E-state index in [0.717, 1.165) is 16.9 Å². The molecule has 0 spiro atoms. The van der Waals surface area contributed by atoms with Gasteiger partial charge in [-0.1, -0.05) is 30.3 Å². The van der Waals surface area contributed by atoms with Crippen molar-refractivity contribution >= 4 is 22.8 Å². The maximum absolute atomic E-state index is 12.6. The van der Waals surface area contributed by atoms with E-state index in [0.29, 0.717) is 11.1 Å². The van der Waals surface area contributed by atoms with E-state index < -0.39 is 4.92 Å². The number of hydrogen-bond acceptors (Lipinski definition) is 4. The van der Waals surface area contributed by atoms with Gasteiger partial charge in [-0.2, -0.15) is 0 Å². The van der Waals surface area contributed by atoms with Gasteiger partial charge >= 0.3 is 0 Å². The second-order valence-electron chi connectivity index (χ2n) is 5.65. The Labute approximate surface area is 145 Å². The molecule has 1 N–H and O–H groups in total. The summed E-state index contributed by atoms with van der Waals surface area (Å²) >= 11 is 0. The summed E-state index contributed by atoms with van der Waals surface area (Å²) in [5.41, 5.74) is 3.77. The van der Waals surface area contributed by atoms with Gasteiger partial charge in [0.2, 0.25) is 0 Å². The first-order valence-corrected chi connectivity index (χ1v) is 7.76. The fraction of sp³-hybridized carbons (Fsp3) is 0.0500. The summed E-state index contributed by atoms with van der Waals surface area (Å²) in [6, 6.07) is 20.8. The first-order valence-electron chi connectivity index (χ1n) is 7.76. The number of nitro benzene ring substituents is 1. The molecule has 0 atom stereocenters. The number of benzene rings is 3. The van der Waals surface area contributed by atoms with Gasteiger partial charge in [-0.25, -0.2) is 0 Å². The third-order valence-corrected chi connectivity index (χ3v) is 3.87. The quantitative estimate of drug-likeness (QED) is 0.411. The molecule has 0 saturated heterocycles. The number of carbonyl (C=O) groups is 1. The van der Waals surface area contributed by atoms with Crippen molar-refractivity contribution in [1.29, 1.82) is 0 Å². The number of aryl methyl sites for hydroxylation is 1. The zero-order valence-electron chi connectivity index (χ0n) is 13.6. The van der Waals surface area contributed by atoms with E-state index in [1.54, 1.807) is 30.3 Å². The number of ketones is 1. The second-order valence-corrected chi connectivity index (χ2v) is 5.65. The van der Waals surface area contributed by atoms with E-state index >= 15 is 0 Å². The highest BCUT2D eigenvalue weighted by Gasteiger charge is 2.12. The highest BCUT2D eigenvalue weighted by atomic mass is 16.6. The first kappa shape index (κ1) is 16.4. The van der Waals surface area contributed by atoms with Crippen LogP contribution >= 0.6 is 0 Å². The minimum absolute atomic E-state index is 0.0139. The standard InChI is InChI=1S/C20H16N2O3/c1-14-13-17(21-16-7-10-18(11-8-16)22(24)25)9-12-19(14)20(23)15-5-3-2-4-6-15/h2-13,21H,1H3. The Morgan fingerprint density at radius 2 is 1.56 bits per heavy atom. The van der Waals surface area contributed by atoms with Crippen molar-refractivity contribution in [2.24, 2.45) is 0 Å². The third kappa shape index (κ3) is 3.72. The summed E-state index contributed by atoms with van der Waals surface area (Å²) in [7, 11) is 0. The van der Waals surface area contributed by atoms with Crippen LogP contribution in [0.15, 0.2) is 72.8 Å². The lowest BCUT2D eigenvalue weighted by molar-refractivity contribution is -0.384. The van der Waals surface area contributed by atoms with Crippen LogP contribution in [-0.2, 0) is 0 Å². The topological polar surface area (TPSA) is 72.2 Å². The molecule has 0 fully saturated rings. The summed E-state index contributed by atoms with van der Waals surface area (Å²) in [6.07, 6.45) is 0. The van der Waals surface area contributed by atoms with E-state index in [2.05, 4.69) is 5.32 Å². The minimum Gasteiger partial charge on any atom is -0.356 e. The normalized spacial score (nSPS) is 10.3. The van der Waals surface area contributed by atoms with Crippen LogP contribution in [-0.4, -0.2) is 10.7 Å². The lowest BCUT2D eigenvalue weighted by atomic mass is 9.98. The van der Waals surface area contributed by atoms with E-state index in [9.17, 15) is 14.9 Å². The number of rotatable bonds is 5. The Morgan fingerprint density at radius 3 is 2.16 bits per heavy atom. The van der Waals surface area contributed by atoms with Gasteiger partial charge in [0.1, 0.15) is 0 Å². The number of carbonyl (C=O) groups excluding carboxylic acids is 1. The number of non-ortho nitro benzene ring substituents is 1. The predicted molar refractivity (Wildman–Crippen MR) is 97.4 cm³/mol. The summed E-state index contributed by atoms with van der Waals surface area (Å²) in [5, 5.41) is 13.9. The van der Waals surface area contributed by atoms with Crippen LogP contribution in [0.4, 0.5) is 17.1 Å². The van der Waals surface area contributed by atoms with Gasteiger partial charge < -0.3 is 5.32 Å². The Hall–Kier alpha value is -3.47. The number of nitrogens with one attached hydrogen (secondary N) is 1. The highest BCUT2D eigenvalue weighted by molar-refractivity contribution is 6.10. The molecule has 0 bridgehead atoms. The van der Waals surface area contributed by atoms with Gasteiger partial charge in [-0.05, 0) is 42.8 Å². The molecule has 0 heterocycles. The fourth-order valence-electron chi connectivity index (χ4n) is 2.57. The zero-order chi connectivity index (χ0) is 17.8. The van der Waals surface area contributed by atoms with Crippen LogP contribution in [0.3, 0.4) is 0 Å². The minimum atomic E-state index is -0.433. The molecule has 3 rings (SSSR count). The molecule has 0 unspecified atom stereocenters. The maximum atomic E-state index is 12.6. The molecule has 0 amide bonds. The van der Waals surface area contributed by atoms with Crippen LogP contribution in [0.25, 0.3) is 0 Å². The Bertz CT molecular complexity index is 919. The van der Waals surface area contributed by atoms with Crippen molar-refractivity contribution in [2.45, 2.75) is 6.92 Å². The predicted octanol–water partition coefficient (Wildman–Crippen LogP) is 4.88. The van der Waals surface area contributed by atoms with Crippen molar-refractivity contribution in [1.82, 2.24) is 0 Å². The van der Waals surface area contributed by atoms with Crippen molar-refractivity contribution in [2.75, 3.05) is 5.32 Å². The SMILES string of the molecule is Cc1cc(Nc2ccc([N+](=O)[O-])cc2)ccc1C(=O)c1ccccc1. The first-order chi connectivity index (χ1) is 12.0. The Kier molecular flexibility index (Phi) is 4.57. The molecule has 5 heteroatoms. The molecule has 0 aliphatic heterocycles. The number of hydrogen-bond donors (Lipinski definition) is 1. The summed E-state index contributed by atoms with van der Waals surface area (Å²) < 4.78 is 0. The van der Waals surface area contributed by atoms with Crippen LogP contribution in [0.5, 0.6) is 0 Å². The Morgan fingerprint density at radius 1 is 0.920 bits per heavy atom. The van der Waals surface area contributed by atoms with Crippen LogP contribution in [0.1, 0.15) is 21.5 Å². The third-order valence-electron chi connectivity index (χ3n) is 3.87. The average molecular weight is 332 g/mol. The van der Waals surface area contributed by atoms with Crippen molar-refractivity contribution in [3.05, 3.63) is 99.6 Å². The molecule has 0 aromatic heterocycles. The van der Waals surface area contributed by atoms with Gasteiger partial charge in [0.25, 0.3) is 5.69 Å². The van der Waals surface area contributed by atoms with Crippen molar-refractivity contribution < 1.29 is 9.72 Å². The van der Waals surface area contributed by atoms with E-state index in [-0.39, 0.29) is 11.5 Å². The molecular weight excluding hydrogens is 316 g/mol. The van der Waals surface area contributed by atoms with Crippen LogP contribution < -0.4 is 5.32 Å². The molecule has 0 radical (unpaired) electrons. The molecule has 3 aromatic carbocycles.